The molecule has 1 aliphatic rings. The zero-order valence-corrected chi connectivity index (χ0v) is 16.4. The minimum absolute atomic E-state index is 0.143. The van der Waals surface area contributed by atoms with E-state index in [2.05, 4.69) is 31.3 Å². The van der Waals surface area contributed by atoms with Gasteiger partial charge in [0.15, 0.2) is 0 Å². The van der Waals surface area contributed by atoms with Gasteiger partial charge in [0, 0.05) is 25.4 Å². The van der Waals surface area contributed by atoms with Gasteiger partial charge < -0.3 is 14.8 Å². The Balaban J connectivity index is 1.43. The normalized spacial score (nSPS) is 19.7. The molecular weight excluding hydrogens is 369 g/mol. The first-order chi connectivity index (χ1) is 12.5. The minimum Gasteiger partial charge on any atom is -0.489 e. The van der Waals surface area contributed by atoms with Gasteiger partial charge in [-0.25, -0.2) is 0 Å². The quantitative estimate of drug-likeness (QED) is 0.659. The summed E-state index contributed by atoms with van der Waals surface area (Å²) in [7, 11) is 0. The summed E-state index contributed by atoms with van der Waals surface area (Å²) in [5, 5.41) is 4.32. The fourth-order valence-electron chi connectivity index (χ4n) is 2.88. The Kier molecular flexibility index (Phi) is 6.68. The van der Waals surface area contributed by atoms with Crippen molar-refractivity contribution in [2.75, 3.05) is 6.54 Å². The summed E-state index contributed by atoms with van der Waals surface area (Å²) in [6, 6.07) is 13.9. The molecule has 1 aliphatic heterocycles. The van der Waals surface area contributed by atoms with E-state index >= 15 is 0 Å². The number of ether oxygens (including phenoxy) is 2. The molecule has 0 aromatic heterocycles. The van der Waals surface area contributed by atoms with Crippen LogP contribution >= 0.6 is 23.2 Å². The number of benzene rings is 2. The van der Waals surface area contributed by atoms with Crippen molar-refractivity contribution in [1.29, 1.82) is 0 Å². The molecule has 26 heavy (non-hydrogen) atoms. The van der Waals surface area contributed by atoms with Crippen LogP contribution in [0.25, 0.3) is 0 Å². The van der Waals surface area contributed by atoms with E-state index in [9.17, 15) is 0 Å². The second kappa shape index (κ2) is 8.98. The minimum atomic E-state index is 0.143. The van der Waals surface area contributed by atoms with Crippen LogP contribution in [0.3, 0.4) is 0 Å². The lowest BCUT2D eigenvalue weighted by molar-refractivity contribution is 0.220. The summed E-state index contributed by atoms with van der Waals surface area (Å²) < 4.78 is 11.7. The predicted octanol–water partition coefficient (Wildman–Crippen LogP) is 5.67. The third-order valence-electron chi connectivity index (χ3n) is 4.40. The highest BCUT2D eigenvalue weighted by atomic mass is 35.5. The Hall–Kier alpha value is -1.42. The summed E-state index contributed by atoms with van der Waals surface area (Å²) in [6.07, 6.45) is 3.00. The van der Waals surface area contributed by atoms with Crippen LogP contribution in [0.2, 0.25) is 10.0 Å². The van der Waals surface area contributed by atoms with Crippen molar-refractivity contribution in [2.45, 2.75) is 38.3 Å². The molecule has 1 unspecified atom stereocenters. The first kappa shape index (κ1) is 19.3. The molecule has 0 saturated carbocycles. The first-order valence-corrected chi connectivity index (χ1v) is 9.56. The Bertz CT molecular complexity index is 718. The van der Waals surface area contributed by atoms with Crippen LogP contribution in [0.5, 0.6) is 11.5 Å². The Labute approximate surface area is 165 Å². The molecule has 3 rings (SSSR count). The molecular formula is C21H23Cl2NO2. The molecule has 0 aliphatic carbocycles. The van der Waals surface area contributed by atoms with E-state index in [1.807, 2.05) is 18.6 Å². The van der Waals surface area contributed by atoms with E-state index in [0.29, 0.717) is 21.7 Å². The first-order valence-electron chi connectivity index (χ1n) is 8.80. The van der Waals surface area contributed by atoms with Crippen LogP contribution in [-0.4, -0.2) is 18.7 Å². The van der Waals surface area contributed by atoms with Gasteiger partial charge >= 0.3 is 0 Å². The van der Waals surface area contributed by atoms with Crippen LogP contribution in [0.4, 0.5) is 0 Å². The number of nitrogens with one attached hydrogen (secondary N) is 1. The average Bonchev–Trinajstić information content (AvgIpc) is 3.06. The molecule has 0 amide bonds. The van der Waals surface area contributed by atoms with Gasteiger partial charge in [0.1, 0.15) is 29.2 Å². The molecule has 2 radical (unpaired) electrons. The van der Waals surface area contributed by atoms with Crippen molar-refractivity contribution in [3.05, 3.63) is 71.1 Å². The van der Waals surface area contributed by atoms with Crippen molar-refractivity contribution in [1.82, 2.24) is 5.32 Å². The van der Waals surface area contributed by atoms with Gasteiger partial charge in [-0.1, -0.05) is 55.2 Å². The lowest BCUT2D eigenvalue weighted by atomic mass is 10.0. The summed E-state index contributed by atoms with van der Waals surface area (Å²) in [5.41, 5.74) is 1.32. The van der Waals surface area contributed by atoms with Crippen molar-refractivity contribution in [3.8, 4) is 11.5 Å². The van der Waals surface area contributed by atoms with E-state index in [4.69, 9.17) is 32.7 Å². The fourth-order valence-corrected chi connectivity index (χ4v) is 3.21. The van der Waals surface area contributed by atoms with Gasteiger partial charge in [-0.15, -0.1) is 0 Å². The van der Waals surface area contributed by atoms with Crippen LogP contribution < -0.4 is 14.8 Å². The third kappa shape index (κ3) is 5.06. The summed E-state index contributed by atoms with van der Waals surface area (Å²) in [6.45, 7) is 6.83. The molecule has 1 heterocycles. The maximum atomic E-state index is 6.11. The molecule has 1 N–H and O–H groups in total. The number of halogens is 2. The number of hydrogen-bond acceptors (Lipinski definition) is 3. The van der Waals surface area contributed by atoms with Crippen molar-refractivity contribution in [2.24, 2.45) is 0 Å². The second-order valence-corrected chi connectivity index (χ2v) is 7.50. The molecule has 2 aromatic carbocycles. The number of rotatable bonds is 7. The number of hydrogen-bond donors (Lipinski definition) is 1. The van der Waals surface area contributed by atoms with Crippen LogP contribution in [0.15, 0.2) is 42.5 Å². The maximum Gasteiger partial charge on any atom is 0.141 e. The van der Waals surface area contributed by atoms with E-state index in [0.717, 1.165) is 18.7 Å². The highest BCUT2D eigenvalue weighted by Gasteiger charge is 2.26. The molecule has 0 spiro atoms. The monoisotopic (exact) mass is 391 g/mol. The molecule has 2 atom stereocenters. The van der Waals surface area contributed by atoms with Crippen molar-refractivity contribution >= 4 is 23.2 Å². The fraction of sp³-hybridized carbons (Fsp3) is 0.333. The average molecular weight is 392 g/mol. The zero-order valence-electron chi connectivity index (χ0n) is 14.9. The van der Waals surface area contributed by atoms with Crippen molar-refractivity contribution in [3.63, 3.8) is 0 Å². The Morgan fingerprint density at radius 2 is 1.88 bits per heavy atom. The van der Waals surface area contributed by atoms with Gasteiger partial charge in [-0.05, 0) is 35.7 Å². The molecule has 1 fully saturated rings. The molecule has 3 nitrogen and oxygen atoms in total. The van der Waals surface area contributed by atoms with E-state index in [1.54, 1.807) is 24.8 Å². The molecule has 138 valence electrons. The zero-order chi connectivity index (χ0) is 18.5. The van der Waals surface area contributed by atoms with Crippen molar-refractivity contribution < 1.29 is 9.47 Å². The topological polar surface area (TPSA) is 30.5 Å². The molecule has 5 heteroatoms. The maximum absolute atomic E-state index is 6.11. The Morgan fingerprint density at radius 3 is 2.62 bits per heavy atom. The third-order valence-corrected chi connectivity index (χ3v) is 5.20. The lowest BCUT2D eigenvalue weighted by Crippen LogP contribution is -2.23. The van der Waals surface area contributed by atoms with E-state index in [-0.39, 0.29) is 12.1 Å². The van der Waals surface area contributed by atoms with Crippen LogP contribution in [0.1, 0.15) is 31.7 Å². The summed E-state index contributed by atoms with van der Waals surface area (Å²) >= 11 is 12.1. The van der Waals surface area contributed by atoms with E-state index < -0.39 is 0 Å². The standard InChI is InChI=1S/C21H23Cl2NO2/c1-14(2)15-6-8-17(9-7-15)26-18-12-16(24-13-18)10-11-25-20-5-3-4-19(22)21(20)23/h3-11,14,16,18,24H,12-13H2,1-2H3/t16?,18-/m0/s1. The van der Waals surface area contributed by atoms with Gasteiger partial charge in [-0.3, -0.25) is 0 Å². The van der Waals surface area contributed by atoms with Gasteiger partial charge in [0.05, 0.1) is 5.02 Å². The lowest BCUT2D eigenvalue weighted by Gasteiger charge is -2.14. The van der Waals surface area contributed by atoms with Crippen LogP contribution in [-0.2, 0) is 0 Å². The molecule has 0 bridgehead atoms. The summed E-state index contributed by atoms with van der Waals surface area (Å²) in [4.78, 5) is 0. The SMILES string of the molecule is CC(C)c1ccc(O[C@@H]2CNC([CH][CH]Oc3cccc(Cl)c3Cl)C2)cc1. The van der Waals surface area contributed by atoms with Crippen LogP contribution in [0, 0.1) is 13.0 Å². The summed E-state index contributed by atoms with van der Waals surface area (Å²) in [5.74, 6) is 1.99. The smallest absolute Gasteiger partial charge is 0.141 e. The Morgan fingerprint density at radius 1 is 1.12 bits per heavy atom. The highest BCUT2D eigenvalue weighted by Crippen LogP contribution is 2.32. The van der Waals surface area contributed by atoms with Gasteiger partial charge in [-0.2, -0.15) is 0 Å². The second-order valence-electron chi connectivity index (χ2n) is 6.71. The molecule has 2 aromatic rings. The predicted molar refractivity (Wildman–Crippen MR) is 107 cm³/mol. The van der Waals surface area contributed by atoms with Gasteiger partial charge in [0.25, 0.3) is 0 Å². The van der Waals surface area contributed by atoms with Gasteiger partial charge in [0.2, 0.25) is 0 Å². The van der Waals surface area contributed by atoms with E-state index in [1.165, 1.54) is 5.56 Å². The largest absolute Gasteiger partial charge is 0.489 e. The molecule has 1 saturated heterocycles. The highest BCUT2D eigenvalue weighted by molar-refractivity contribution is 6.42.